The third-order valence-electron chi connectivity index (χ3n) is 4.55. The van der Waals surface area contributed by atoms with Crippen LogP contribution in [-0.2, 0) is 0 Å². The maximum absolute atomic E-state index is 13.6. The number of hydrogen-bond donors (Lipinski definition) is 0. The largest absolute Gasteiger partial charge is 0.491 e. The average Bonchev–Trinajstić information content (AvgIpc) is 2.60. The van der Waals surface area contributed by atoms with Gasteiger partial charge < -0.3 is 4.74 Å². The molecule has 0 unspecified atom stereocenters. The molecular formula is C20H22F2O. The summed E-state index contributed by atoms with van der Waals surface area (Å²) < 4.78 is 31.9. The van der Waals surface area contributed by atoms with Gasteiger partial charge in [0.05, 0.1) is 0 Å². The molecule has 1 nitrogen and oxygen atoms in total. The predicted molar refractivity (Wildman–Crippen MR) is 89.1 cm³/mol. The number of halogens is 2. The number of ether oxygens (including phenoxy) is 1. The van der Waals surface area contributed by atoms with Gasteiger partial charge in [-0.1, -0.05) is 43.5 Å². The summed E-state index contributed by atoms with van der Waals surface area (Å²) in [5, 5.41) is 0. The molecule has 0 N–H and O–H groups in total. The normalized spacial score (nSPS) is 15.6. The average molecular weight is 316 g/mol. The minimum Gasteiger partial charge on any atom is -0.491 e. The summed E-state index contributed by atoms with van der Waals surface area (Å²) in [5.74, 6) is 0.904. The van der Waals surface area contributed by atoms with Gasteiger partial charge in [-0.25, -0.2) is 8.78 Å². The molecule has 2 aromatic carbocycles. The summed E-state index contributed by atoms with van der Waals surface area (Å²) in [5.41, 5.74) is 2.98. The maximum atomic E-state index is 13.6. The maximum Gasteiger partial charge on any atom is 0.123 e. The van der Waals surface area contributed by atoms with Crippen molar-refractivity contribution in [3.63, 3.8) is 0 Å². The van der Waals surface area contributed by atoms with Crippen molar-refractivity contribution in [2.45, 2.75) is 38.0 Å². The van der Waals surface area contributed by atoms with E-state index in [1.165, 1.54) is 25.3 Å². The minimum atomic E-state index is -0.506. The highest BCUT2D eigenvalue weighted by atomic mass is 19.1. The molecule has 122 valence electrons. The Morgan fingerprint density at radius 1 is 1.00 bits per heavy atom. The van der Waals surface area contributed by atoms with Crippen LogP contribution in [0, 0.1) is 5.82 Å². The molecule has 0 aliphatic heterocycles. The zero-order valence-electron chi connectivity index (χ0n) is 13.2. The van der Waals surface area contributed by atoms with Crippen molar-refractivity contribution in [2.75, 3.05) is 13.3 Å². The second-order valence-corrected chi connectivity index (χ2v) is 6.10. The molecule has 1 aliphatic carbocycles. The summed E-state index contributed by atoms with van der Waals surface area (Å²) in [6, 6.07) is 12.5. The number of rotatable bonds is 5. The molecule has 0 saturated heterocycles. The van der Waals surface area contributed by atoms with E-state index >= 15 is 0 Å². The topological polar surface area (TPSA) is 9.23 Å². The van der Waals surface area contributed by atoms with Gasteiger partial charge in [0.25, 0.3) is 0 Å². The summed E-state index contributed by atoms with van der Waals surface area (Å²) in [6.45, 7) is -0.444. The van der Waals surface area contributed by atoms with Gasteiger partial charge in [-0.05, 0) is 48.1 Å². The summed E-state index contributed by atoms with van der Waals surface area (Å²) in [4.78, 5) is 0. The molecule has 3 rings (SSSR count). The van der Waals surface area contributed by atoms with Gasteiger partial charge in [-0.15, -0.1) is 0 Å². The molecule has 1 aliphatic rings. The van der Waals surface area contributed by atoms with Crippen LogP contribution in [0.25, 0.3) is 11.1 Å². The molecule has 1 saturated carbocycles. The van der Waals surface area contributed by atoms with Crippen LogP contribution in [0.5, 0.6) is 5.75 Å². The lowest BCUT2D eigenvalue weighted by molar-refractivity contribution is 0.268. The van der Waals surface area contributed by atoms with Crippen molar-refractivity contribution in [2.24, 2.45) is 0 Å². The van der Waals surface area contributed by atoms with Gasteiger partial charge in [0.2, 0.25) is 0 Å². The van der Waals surface area contributed by atoms with Crippen LogP contribution in [0.4, 0.5) is 8.78 Å². The summed E-state index contributed by atoms with van der Waals surface area (Å²) >= 11 is 0. The number of benzene rings is 2. The van der Waals surface area contributed by atoms with E-state index in [2.05, 4.69) is 0 Å². The second-order valence-electron chi connectivity index (χ2n) is 6.10. The Morgan fingerprint density at radius 2 is 1.78 bits per heavy atom. The second kappa shape index (κ2) is 7.58. The Morgan fingerprint density at radius 3 is 2.52 bits per heavy atom. The van der Waals surface area contributed by atoms with Crippen molar-refractivity contribution in [1.29, 1.82) is 0 Å². The van der Waals surface area contributed by atoms with E-state index in [9.17, 15) is 8.78 Å². The Labute approximate surface area is 136 Å². The predicted octanol–water partition coefficient (Wildman–Crippen LogP) is 5.89. The van der Waals surface area contributed by atoms with Gasteiger partial charge in [-0.2, -0.15) is 0 Å². The zero-order valence-corrected chi connectivity index (χ0v) is 13.2. The SMILES string of the molecule is FCCOc1cccc(-c2cccc(F)c2)c1C1CCCCC1. The van der Waals surface area contributed by atoms with E-state index in [0.717, 1.165) is 35.3 Å². The number of alkyl halides is 1. The van der Waals surface area contributed by atoms with Crippen molar-refractivity contribution in [1.82, 2.24) is 0 Å². The van der Waals surface area contributed by atoms with E-state index < -0.39 is 6.67 Å². The zero-order chi connectivity index (χ0) is 16.1. The van der Waals surface area contributed by atoms with Crippen molar-refractivity contribution in [3.8, 4) is 16.9 Å². The van der Waals surface area contributed by atoms with E-state index in [-0.39, 0.29) is 12.4 Å². The fourth-order valence-electron chi connectivity index (χ4n) is 3.54. The molecule has 0 aromatic heterocycles. The molecule has 3 heteroatoms. The Hall–Kier alpha value is -1.90. The fourth-order valence-corrected chi connectivity index (χ4v) is 3.54. The first kappa shape index (κ1) is 16.0. The molecule has 0 spiro atoms. The molecule has 1 fully saturated rings. The van der Waals surface area contributed by atoms with E-state index in [0.29, 0.717) is 5.92 Å². The lowest BCUT2D eigenvalue weighted by atomic mass is 9.80. The summed E-state index contributed by atoms with van der Waals surface area (Å²) in [7, 11) is 0. The highest BCUT2D eigenvalue weighted by Crippen LogP contribution is 2.43. The lowest BCUT2D eigenvalue weighted by Crippen LogP contribution is -2.10. The fraction of sp³-hybridized carbons (Fsp3) is 0.400. The van der Waals surface area contributed by atoms with Crippen LogP contribution >= 0.6 is 0 Å². The summed E-state index contributed by atoms with van der Waals surface area (Å²) in [6.07, 6.45) is 5.88. The molecular weight excluding hydrogens is 294 g/mol. The quantitative estimate of drug-likeness (QED) is 0.668. The molecule has 0 amide bonds. The Kier molecular flexibility index (Phi) is 5.27. The van der Waals surface area contributed by atoms with E-state index in [4.69, 9.17) is 4.74 Å². The minimum absolute atomic E-state index is 0.0618. The Balaban J connectivity index is 2.06. The van der Waals surface area contributed by atoms with Gasteiger partial charge in [0.15, 0.2) is 0 Å². The highest BCUT2D eigenvalue weighted by Gasteiger charge is 2.23. The van der Waals surface area contributed by atoms with Crippen LogP contribution in [0.3, 0.4) is 0 Å². The molecule has 0 heterocycles. The van der Waals surface area contributed by atoms with Crippen LogP contribution in [0.15, 0.2) is 42.5 Å². The first-order chi connectivity index (χ1) is 11.3. The third-order valence-corrected chi connectivity index (χ3v) is 4.55. The third kappa shape index (κ3) is 3.72. The lowest BCUT2D eigenvalue weighted by Gasteiger charge is -2.26. The van der Waals surface area contributed by atoms with Crippen LogP contribution in [0.1, 0.15) is 43.6 Å². The van der Waals surface area contributed by atoms with Gasteiger partial charge in [0, 0.05) is 5.56 Å². The molecule has 0 bridgehead atoms. The molecule has 0 radical (unpaired) electrons. The smallest absolute Gasteiger partial charge is 0.123 e. The number of hydrogen-bond acceptors (Lipinski definition) is 1. The standard InChI is InChI=1S/C20H22F2O/c21-12-13-23-19-11-5-10-18(16-8-4-9-17(22)14-16)20(19)15-6-2-1-3-7-15/h4-5,8-11,14-15H,1-3,6-7,12-13H2. The van der Waals surface area contributed by atoms with Gasteiger partial charge in [0.1, 0.15) is 24.8 Å². The van der Waals surface area contributed by atoms with Crippen LogP contribution in [-0.4, -0.2) is 13.3 Å². The van der Waals surface area contributed by atoms with E-state index in [1.54, 1.807) is 12.1 Å². The van der Waals surface area contributed by atoms with Crippen molar-refractivity contribution < 1.29 is 13.5 Å². The van der Waals surface area contributed by atoms with Crippen LogP contribution < -0.4 is 4.74 Å². The molecule has 2 aromatic rings. The molecule has 23 heavy (non-hydrogen) atoms. The van der Waals surface area contributed by atoms with E-state index in [1.807, 2.05) is 24.3 Å². The first-order valence-corrected chi connectivity index (χ1v) is 8.37. The Bertz CT molecular complexity index is 648. The highest BCUT2D eigenvalue weighted by molar-refractivity contribution is 5.71. The van der Waals surface area contributed by atoms with Crippen molar-refractivity contribution >= 4 is 0 Å². The molecule has 0 atom stereocenters. The first-order valence-electron chi connectivity index (χ1n) is 8.37. The van der Waals surface area contributed by atoms with Crippen LogP contribution in [0.2, 0.25) is 0 Å². The van der Waals surface area contributed by atoms with Gasteiger partial charge >= 0.3 is 0 Å². The van der Waals surface area contributed by atoms with Gasteiger partial charge in [-0.3, -0.25) is 0 Å². The monoisotopic (exact) mass is 316 g/mol. The van der Waals surface area contributed by atoms with Crippen molar-refractivity contribution in [3.05, 3.63) is 53.8 Å².